The summed E-state index contributed by atoms with van der Waals surface area (Å²) in [4.78, 5) is 0. The minimum absolute atomic E-state index is 0. The van der Waals surface area contributed by atoms with Crippen LogP contribution in [-0.4, -0.2) is 26.6 Å². The van der Waals surface area contributed by atoms with Gasteiger partial charge in [0.15, 0.2) is 0 Å². The van der Waals surface area contributed by atoms with E-state index < -0.39 is 21.1 Å². The second kappa shape index (κ2) is 4.44. The van der Waals surface area contributed by atoms with Gasteiger partial charge in [-0.25, -0.2) is 0 Å². The van der Waals surface area contributed by atoms with Gasteiger partial charge in [0, 0.05) is 0 Å². The molecule has 0 saturated heterocycles. The van der Waals surface area contributed by atoms with E-state index in [0.29, 0.717) is 0 Å². The molecule has 0 aliphatic heterocycles. The van der Waals surface area contributed by atoms with E-state index in [1.807, 2.05) is 0 Å². The van der Waals surface area contributed by atoms with Crippen molar-refractivity contribution in [3.8, 4) is 0 Å². The molecule has 2 nitrogen and oxygen atoms in total. The summed E-state index contributed by atoms with van der Waals surface area (Å²) in [5, 5.41) is 0. The third-order valence-corrected chi connectivity index (χ3v) is 3.75. The van der Waals surface area contributed by atoms with Crippen molar-refractivity contribution in [1.29, 1.82) is 0 Å². The van der Waals surface area contributed by atoms with E-state index in [1.165, 1.54) is 0 Å². The monoisotopic (exact) mass is 225 g/mol. The summed E-state index contributed by atoms with van der Waals surface area (Å²) in [6, 6.07) is 0. The van der Waals surface area contributed by atoms with Gasteiger partial charge in [-0.3, -0.25) is 0 Å². The maximum Gasteiger partial charge on any atom is -0.412 e. The summed E-state index contributed by atoms with van der Waals surface area (Å²) in [5.41, 5.74) is 0. The normalized spacial score (nSPS) is 9.88. The Morgan fingerprint density at radius 1 is 1.50 bits per heavy atom. The molecule has 0 aliphatic carbocycles. The Bertz CT molecular complexity index is 70.8. The van der Waals surface area contributed by atoms with E-state index in [0.717, 1.165) is 6.42 Å². The minimum atomic E-state index is -1.24. The summed E-state index contributed by atoms with van der Waals surface area (Å²) in [7, 11) is 0. The molecule has 0 aromatic carbocycles. The van der Waals surface area contributed by atoms with Gasteiger partial charge < -0.3 is 5.48 Å². The summed E-state index contributed by atoms with van der Waals surface area (Å²) in [6.45, 7) is 6.21. The zero-order valence-electron chi connectivity index (χ0n) is 5.62. The van der Waals surface area contributed by atoms with Crippen molar-refractivity contribution < 1.29 is 8.55 Å². The first-order valence-electron chi connectivity index (χ1n) is 2.51. The van der Waals surface area contributed by atoms with Gasteiger partial charge in [0.2, 0.25) is 0 Å². The van der Waals surface area contributed by atoms with Crippen molar-refractivity contribution in [3.05, 3.63) is 0 Å². The van der Waals surface area contributed by atoms with Crippen LogP contribution in [0.2, 0.25) is 3.43 Å². The smallest absolute Gasteiger partial charge is 0.412 e. The summed E-state index contributed by atoms with van der Waals surface area (Å²) in [6.07, 6.45) is 1.06. The van der Waals surface area contributed by atoms with Gasteiger partial charge in [-0.15, -0.1) is 0 Å². The second-order valence-corrected chi connectivity index (χ2v) is 6.79. The Kier molecular flexibility index (Phi) is 6.31. The quantitative estimate of drug-likeness (QED) is 0.640. The molecule has 0 fully saturated rings. The Balaban J connectivity index is 0. The third kappa shape index (κ3) is 4.71. The van der Waals surface area contributed by atoms with Crippen molar-refractivity contribution in [2.45, 2.75) is 30.6 Å². The van der Waals surface area contributed by atoms with Gasteiger partial charge in [-0.05, 0) is 0 Å². The molecule has 0 aliphatic rings. The molecular formula is C5H13O2Sn. The van der Waals surface area contributed by atoms with Gasteiger partial charge in [0.1, 0.15) is 0 Å². The van der Waals surface area contributed by atoms with Crippen LogP contribution >= 0.6 is 0 Å². The summed E-state index contributed by atoms with van der Waals surface area (Å²) >= 11 is -1.24. The van der Waals surface area contributed by atoms with Crippen LogP contribution in [0.1, 0.15) is 27.2 Å². The van der Waals surface area contributed by atoms with Crippen LogP contribution in [0.4, 0.5) is 0 Å². The topological polar surface area (TPSA) is 48.6 Å². The summed E-state index contributed by atoms with van der Waals surface area (Å²) in [5.74, 6) is 0. The molecule has 0 bridgehead atoms. The van der Waals surface area contributed by atoms with E-state index in [2.05, 4.69) is 20.8 Å². The van der Waals surface area contributed by atoms with Crippen LogP contribution < -0.4 is 0 Å². The predicted octanol–water partition coefficient (Wildman–Crippen LogP) is 0.820. The van der Waals surface area contributed by atoms with Crippen molar-refractivity contribution in [1.82, 2.24) is 0 Å². The van der Waals surface area contributed by atoms with E-state index in [4.69, 9.17) is 0 Å². The fourth-order valence-electron chi connectivity index (χ4n) is 0.0722. The average molecular weight is 224 g/mol. The first kappa shape index (κ1) is 11.4. The molecule has 0 aromatic rings. The largest absolute Gasteiger partial charge is 0.412 e. The van der Waals surface area contributed by atoms with E-state index in [-0.39, 0.29) is 8.91 Å². The molecule has 0 unspecified atom stereocenters. The minimum Gasteiger partial charge on any atom is -0.412 e. The van der Waals surface area contributed by atoms with E-state index in [1.54, 1.807) is 0 Å². The first-order chi connectivity index (χ1) is 3.12. The predicted molar refractivity (Wildman–Crippen MR) is 34.4 cm³/mol. The Hall–Kier alpha value is 0.559. The molecule has 0 rings (SSSR count). The van der Waals surface area contributed by atoms with Crippen molar-refractivity contribution in [2.24, 2.45) is 0 Å². The average Bonchev–Trinajstić information content (AvgIpc) is 1.68. The van der Waals surface area contributed by atoms with Gasteiger partial charge in [0.05, 0.1) is 0 Å². The van der Waals surface area contributed by atoms with Crippen LogP contribution in [0.25, 0.3) is 0 Å². The van der Waals surface area contributed by atoms with Crippen LogP contribution in [0.3, 0.4) is 0 Å². The molecule has 0 heterocycles. The molecule has 0 atom stereocenters. The Morgan fingerprint density at radius 3 is 1.88 bits per heavy atom. The molecule has 0 saturated carbocycles. The van der Waals surface area contributed by atoms with Crippen LogP contribution in [0.5, 0.6) is 0 Å². The van der Waals surface area contributed by atoms with E-state index in [9.17, 15) is 3.08 Å². The van der Waals surface area contributed by atoms with Gasteiger partial charge >= 0.3 is 54.8 Å². The maximum atomic E-state index is 10.4. The fraction of sp³-hybridized carbons (Fsp3) is 1.00. The molecule has 8 heavy (non-hydrogen) atoms. The molecule has 0 spiro atoms. The SMILES string of the molecule is CC[C](C)(C)[Sn]=[O].O. The number of hydrogen-bond acceptors (Lipinski definition) is 1. The number of rotatable bonds is 2. The zero-order valence-corrected chi connectivity index (χ0v) is 8.47. The Morgan fingerprint density at radius 2 is 1.88 bits per heavy atom. The molecule has 1 radical (unpaired) electrons. The van der Waals surface area contributed by atoms with Crippen molar-refractivity contribution >= 4 is 21.1 Å². The van der Waals surface area contributed by atoms with Gasteiger partial charge in [-0.1, -0.05) is 0 Å². The molecular weight excluding hydrogens is 211 g/mol. The zero-order chi connectivity index (χ0) is 5.91. The van der Waals surface area contributed by atoms with Crippen LogP contribution in [0, 0.1) is 0 Å². The van der Waals surface area contributed by atoms with Crippen LogP contribution in [0.15, 0.2) is 0 Å². The molecule has 49 valence electrons. The Labute approximate surface area is 60.6 Å². The number of hydrogen-bond donors (Lipinski definition) is 0. The van der Waals surface area contributed by atoms with Crippen LogP contribution in [-0.2, 0) is 3.08 Å². The maximum absolute atomic E-state index is 10.4. The third-order valence-electron chi connectivity index (χ3n) is 1.16. The van der Waals surface area contributed by atoms with Gasteiger partial charge in [-0.2, -0.15) is 0 Å². The van der Waals surface area contributed by atoms with Crippen molar-refractivity contribution in [2.75, 3.05) is 0 Å². The van der Waals surface area contributed by atoms with Gasteiger partial charge in [0.25, 0.3) is 0 Å². The second-order valence-electron chi connectivity index (χ2n) is 2.34. The first-order valence-corrected chi connectivity index (χ1v) is 5.11. The standard InChI is InChI=1S/C5H11.H2O.O.Sn/c1-4-5(2)3;;;/h4H2,1-3H3;1H2;;. The molecule has 3 heteroatoms. The molecule has 2 N–H and O–H groups in total. The molecule has 0 aromatic heterocycles. The van der Waals surface area contributed by atoms with Crippen molar-refractivity contribution in [3.63, 3.8) is 0 Å². The summed E-state index contributed by atoms with van der Waals surface area (Å²) < 4.78 is 10.6. The molecule has 0 amide bonds. The van der Waals surface area contributed by atoms with E-state index >= 15 is 0 Å². The fourth-order valence-corrected chi connectivity index (χ4v) is 0.484.